The van der Waals surface area contributed by atoms with Gasteiger partial charge in [-0.25, -0.2) is 10.2 Å². The van der Waals surface area contributed by atoms with Gasteiger partial charge in [0.05, 0.1) is 0 Å². The Morgan fingerprint density at radius 1 is 1.36 bits per heavy atom. The summed E-state index contributed by atoms with van der Waals surface area (Å²) in [5.41, 5.74) is 8.60. The second-order valence-corrected chi connectivity index (χ2v) is 5.19. The van der Waals surface area contributed by atoms with Crippen molar-refractivity contribution in [2.75, 3.05) is 0 Å². The Balaban J connectivity index is 1.62. The first-order chi connectivity index (χ1) is 6.77. The van der Waals surface area contributed by atoms with Gasteiger partial charge >= 0.3 is 6.03 Å². The summed E-state index contributed by atoms with van der Waals surface area (Å²) in [6, 6.07) is -0.542. The van der Waals surface area contributed by atoms with Gasteiger partial charge in [0.2, 0.25) is 0 Å². The lowest BCUT2D eigenvalue weighted by molar-refractivity contribution is 0.249. The van der Waals surface area contributed by atoms with E-state index in [0.717, 1.165) is 36.0 Å². The van der Waals surface area contributed by atoms with Crippen LogP contribution in [-0.2, 0) is 0 Å². The Labute approximate surface area is 81.9 Å². The molecule has 4 nitrogen and oxygen atoms in total. The van der Waals surface area contributed by atoms with Gasteiger partial charge < -0.3 is 5.73 Å². The zero-order valence-electron chi connectivity index (χ0n) is 7.81. The fraction of sp³-hybridized carbons (Fsp3) is 0.800. The number of urea groups is 1. The van der Waals surface area contributed by atoms with Crippen LogP contribution in [0.15, 0.2) is 5.10 Å². The molecule has 6 bridgehead atoms. The Hall–Kier alpha value is -1.06. The number of nitrogens with one attached hydrogen (secondary N) is 1. The number of nitrogens with two attached hydrogens (primary N) is 1. The molecule has 4 heteroatoms. The number of amides is 2. The minimum absolute atomic E-state index is 0.542. The van der Waals surface area contributed by atoms with Gasteiger partial charge in [0.15, 0.2) is 0 Å². The lowest BCUT2D eigenvalue weighted by atomic mass is 9.98. The number of nitrogens with zero attached hydrogens (tertiary/aromatic N) is 1. The zero-order chi connectivity index (χ0) is 9.45. The van der Waals surface area contributed by atoms with Gasteiger partial charge in [0, 0.05) is 11.6 Å². The van der Waals surface area contributed by atoms with E-state index < -0.39 is 6.03 Å². The molecular formula is C10H13N3O. The van der Waals surface area contributed by atoms with Crippen molar-refractivity contribution in [3.8, 4) is 0 Å². The summed E-state index contributed by atoms with van der Waals surface area (Å²) in [6.07, 6.45) is 2.55. The minimum atomic E-state index is -0.542. The fourth-order valence-corrected chi connectivity index (χ4v) is 4.71. The lowest BCUT2D eigenvalue weighted by Crippen LogP contribution is -2.27. The molecule has 2 amide bonds. The molecule has 0 aromatic heterocycles. The summed E-state index contributed by atoms with van der Waals surface area (Å²) < 4.78 is 0. The van der Waals surface area contributed by atoms with Gasteiger partial charge in [-0.05, 0) is 42.4 Å². The maximum absolute atomic E-state index is 10.6. The van der Waals surface area contributed by atoms with Crippen LogP contribution in [-0.4, -0.2) is 11.7 Å². The molecule has 5 fully saturated rings. The number of hydrogen-bond donors (Lipinski definition) is 2. The highest BCUT2D eigenvalue weighted by Gasteiger charge is 2.77. The smallest absolute Gasteiger partial charge is 0.332 e. The average Bonchev–Trinajstić information content (AvgIpc) is 2.57. The molecule has 0 saturated heterocycles. The van der Waals surface area contributed by atoms with Crippen LogP contribution in [0, 0.1) is 35.5 Å². The molecule has 5 aliphatic carbocycles. The molecule has 74 valence electrons. The summed E-state index contributed by atoms with van der Waals surface area (Å²) in [7, 11) is 0. The first-order valence-electron chi connectivity index (χ1n) is 5.39. The van der Waals surface area contributed by atoms with Crippen molar-refractivity contribution in [3.05, 3.63) is 0 Å². The molecule has 0 aromatic rings. The highest BCUT2D eigenvalue weighted by molar-refractivity contribution is 5.93. The molecule has 3 N–H and O–H groups in total. The lowest BCUT2D eigenvalue weighted by Gasteiger charge is -2.10. The van der Waals surface area contributed by atoms with Crippen LogP contribution in [0.2, 0.25) is 0 Å². The van der Waals surface area contributed by atoms with Gasteiger partial charge in [-0.3, -0.25) is 0 Å². The highest BCUT2D eigenvalue weighted by Crippen LogP contribution is 2.80. The summed E-state index contributed by atoms with van der Waals surface area (Å²) in [5, 5.41) is 4.15. The van der Waals surface area contributed by atoms with Gasteiger partial charge in [-0.2, -0.15) is 5.10 Å². The van der Waals surface area contributed by atoms with Crippen molar-refractivity contribution in [1.82, 2.24) is 5.43 Å². The van der Waals surface area contributed by atoms with Crippen molar-refractivity contribution in [2.45, 2.75) is 12.8 Å². The molecule has 5 saturated carbocycles. The van der Waals surface area contributed by atoms with Crippen LogP contribution in [0.1, 0.15) is 12.8 Å². The molecule has 0 radical (unpaired) electrons. The van der Waals surface area contributed by atoms with E-state index in [2.05, 4.69) is 10.5 Å². The summed E-state index contributed by atoms with van der Waals surface area (Å²) >= 11 is 0. The molecule has 5 aliphatic rings. The Morgan fingerprint density at radius 3 is 2.79 bits per heavy atom. The van der Waals surface area contributed by atoms with Crippen molar-refractivity contribution >= 4 is 11.7 Å². The Morgan fingerprint density at radius 2 is 2.21 bits per heavy atom. The Bertz CT molecular complexity index is 364. The summed E-state index contributed by atoms with van der Waals surface area (Å²) in [4.78, 5) is 10.6. The van der Waals surface area contributed by atoms with Crippen molar-refractivity contribution in [3.63, 3.8) is 0 Å². The van der Waals surface area contributed by atoms with E-state index in [9.17, 15) is 4.79 Å². The monoisotopic (exact) mass is 191 g/mol. The summed E-state index contributed by atoms with van der Waals surface area (Å²) in [5.74, 6) is 5.52. The third-order valence-corrected chi connectivity index (χ3v) is 4.90. The predicted molar refractivity (Wildman–Crippen MR) is 50.3 cm³/mol. The van der Waals surface area contributed by atoms with E-state index in [1.165, 1.54) is 12.1 Å². The first kappa shape index (κ1) is 7.26. The fourth-order valence-electron chi connectivity index (χ4n) is 4.71. The largest absolute Gasteiger partial charge is 0.350 e. The number of rotatable bonds is 1. The highest BCUT2D eigenvalue weighted by atomic mass is 16.2. The van der Waals surface area contributed by atoms with Crippen LogP contribution in [0.25, 0.3) is 0 Å². The number of carbonyl (C=O) groups excluding carboxylic acids is 1. The molecule has 14 heavy (non-hydrogen) atoms. The van der Waals surface area contributed by atoms with Crippen molar-refractivity contribution in [1.29, 1.82) is 0 Å². The van der Waals surface area contributed by atoms with Crippen LogP contribution >= 0.6 is 0 Å². The van der Waals surface area contributed by atoms with Crippen molar-refractivity contribution < 1.29 is 4.79 Å². The minimum Gasteiger partial charge on any atom is -0.350 e. The molecule has 6 unspecified atom stereocenters. The van der Waals surface area contributed by atoms with E-state index in [1.807, 2.05) is 0 Å². The van der Waals surface area contributed by atoms with Crippen LogP contribution in [0.4, 0.5) is 4.79 Å². The first-order valence-corrected chi connectivity index (χ1v) is 5.39. The summed E-state index contributed by atoms with van der Waals surface area (Å²) in [6.45, 7) is 0. The third-order valence-electron chi connectivity index (χ3n) is 4.90. The predicted octanol–water partition coefficient (Wildman–Crippen LogP) is 0.542. The maximum Gasteiger partial charge on any atom is 0.332 e. The zero-order valence-corrected chi connectivity index (χ0v) is 7.81. The molecule has 5 rings (SSSR count). The second-order valence-electron chi connectivity index (χ2n) is 5.19. The SMILES string of the molecule is NC(=O)N/N=C1\CC2C3CC4C2C4C13. The van der Waals surface area contributed by atoms with E-state index in [4.69, 9.17) is 5.73 Å². The van der Waals surface area contributed by atoms with Crippen LogP contribution in [0.3, 0.4) is 0 Å². The molecule has 0 spiro atoms. The second kappa shape index (κ2) is 1.97. The third kappa shape index (κ3) is 0.615. The normalized spacial score (nSPS) is 58.1. The van der Waals surface area contributed by atoms with Crippen LogP contribution < -0.4 is 11.2 Å². The van der Waals surface area contributed by atoms with E-state index in [0.29, 0.717) is 5.92 Å². The number of primary amides is 1. The molecule has 0 heterocycles. The van der Waals surface area contributed by atoms with Gasteiger partial charge in [-0.1, -0.05) is 0 Å². The molecule has 6 atom stereocenters. The van der Waals surface area contributed by atoms with Crippen molar-refractivity contribution in [2.24, 2.45) is 46.3 Å². The molecular weight excluding hydrogens is 178 g/mol. The number of hydrazone groups is 1. The number of hydrogen-bond acceptors (Lipinski definition) is 2. The van der Waals surface area contributed by atoms with Gasteiger partial charge in [0.25, 0.3) is 0 Å². The average molecular weight is 191 g/mol. The molecule has 0 aliphatic heterocycles. The van der Waals surface area contributed by atoms with E-state index in [1.54, 1.807) is 0 Å². The number of carbonyl (C=O) groups is 1. The van der Waals surface area contributed by atoms with Gasteiger partial charge in [0.1, 0.15) is 0 Å². The van der Waals surface area contributed by atoms with Crippen LogP contribution in [0.5, 0.6) is 0 Å². The quantitative estimate of drug-likeness (QED) is 0.584. The topological polar surface area (TPSA) is 67.5 Å². The van der Waals surface area contributed by atoms with Gasteiger partial charge in [-0.15, -0.1) is 0 Å². The Kier molecular flexibility index (Phi) is 1.02. The molecule has 0 aromatic carbocycles. The van der Waals surface area contributed by atoms with E-state index in [-0.39, 0.29) is 0 Å². The maximum atomic E-state index is 10.6. The van der Waals surface area contributed by atoms with E-state index >= 15 is 0 Å². The standard InChI is InChI=1S/C10H13N3O/c11-10(14)13-12-6-2-4-3-1-5-7(4)9(5)8(3)6/h3-5,7-9H,1-2H2,(H3,11,13,14)/b12-6+.